The Morgan fingerprint density at radius 2 is 2.04 bits per heavy atom. The van der Waals surface area contributed by atoms with E-state index in [-0.39, 0.29) is 17.5 Å². The fourth-order valence-corrected chi connectivity index (χ4v) is 3.95. The molecule has 0 atom stereocenters. The summed E-state index contributed by atoms with van der Waals surface area (Å²) in [6, 6.07) is 15.6. The number of halogens is 1. The van der Waals surface area contributed by atoms with Gasteiger partial charge in [0.05, 0.1) is 5.75 Å². The number of carbonyl (C=O) groups excluding carboxylic acids is 1. The van der Waals surface area contributed by atoms with E-state index in [1.165, 1.54) is 35.2 Å². The molecule has 0 unspecified atom stereocenters. The molecule has 0 fully saturated rings. The number of benzene rings is 2. The largest absolute Gasteiger partial charge is 0.330 e. The highest BCUT2D eigenvalue weighted by molar-refractivity contribution is 8.01. The van der Waals surface area contributed by atoms with E-state index >= 15 is 0 Å². The quantitative estimate of drug-likeness (QED) is 0.437. The molecule has 3 rings (SSSR count). The van der Waals surface area contributed by atoms with Gasteiger partial charge in [0, 0.05) is 17.9 Å². The van der Waals surface area contributed by atoms with Crippen molar-refractivity contribution in [3.63, 3.8) is 0 Å². The number of nitrogens with zero attached hydrogens (tertiary/aromatic N) is 3. The standard InChI is InChI=1S/C19H17FN4OS2/c1-2-11-24(16-9-4-3-5-10-16)17(25)13-26-19-23-22-18(27-19)21-15-8-6-7-14(20)12-15/h2-10,12H,1,11,13H2,(H,21,22). The maximum atomic E-state index is 13.2. The molecule has 0 bridgehead atoms. The fraction of sp³-hybridized carbons (Fsp3) is 0.105. The number of thioether (sulfide) groups is 1. The maximum Gasteiger partial charge on any atom is 0.237 e. The van der Waals surface area contributed by atoms with Crippen LogP contribution in [0.5, 0.6) is 0 Å². The molecule has 0 spiro atoms. The Bertz CT molecular complexity index is 917. The van der Waals surface area contributed by atoms with E-state index in [1.54, 1.807) is 23.1 Å². The van der Waals surface area contributed by atoms with Crippen molar-refractivity contribution in [3.8, 4) is 0 Å². The van der Waals surface area contributed by atoms with Crippen molar-refractivity contribution >= 4 is 45.5 Å². The second kappa shape index (κ2) is 9.29. The monoisotopic (exact) mass is 400 g/mol. The molecule has 8 heteroatoms. The Morgan fingerprint density at radius 1 is 1.22 bits per heavy atom. The lowest BCUT2D eigenvalue weighted by Crippen LogP contribution is -2.32. The predicted molar refractivity (Wildman–Crippen MR) is 109 cm³/mol. The minimum absolute atomic E-state index is 0.0408. The zero-order valence-corrected chi connectivity index (χ0v) is 16.0. The number of anilines is 3. The van der Waals surface area contributed by atoms with E-state index < -0.39 is 0 Å². The third-order valence-corrected chi connectivity index (χ3v) is 5.44. The zero-order valence-electron chi connectivity index (χ0n) is 14.3. The average molecular weight is 401 g/mol. The van der Waals surface area contributed by atoms with Gasteiger partial charge in [-0.3, -0.25) is 4.79 Å². The summed E-state index contributed by atoms with van der Waals surface area (Å²) in [5.41, 5.74) is 1.42. The van der Waals surface area contributed by atoms with Crippen molar-refractivity contribution in [2.45, 2.75) is 4.34 Å². The summed E-state index contributed by atoms with van der Waals surface area (Å²) in [5.74, 6) is -0.133. The highest BCUT2D eigenvalue weighted by Gasteiger charge is 2.16. The lowest BCUT2D eigenvalue weighted by atomic mass is 10.3. The van der Waals surface area contributed by atoms with Crippen LogP contribution in [-0.4, -0.2) is 28.4 Å². The van der Waals surface area contributed by atoms with Crippen LogP contribution in [0.2, 0.25) is 0 Å². The Kier molecular flexibility index (Phi) is 6.56. The van der Waals surface area contributed by atoms with Gasteiger partial charge in [-0.15, -0.1) is 16.8 Å². The Hall–Kier alpha value is -2.71. The first kappa shape index (κ1) is 19.1. The van der Waals surface area contributed by atoms with Gasteiger partial charge in [0.25, 0.3) is 0 Å². The van der Waals surface area contributed by atoms with Gasteiger partial charge in [0.2, 0.25) is 11.0 Å². The molecule has 1 aromatic heterocycles. The van der Waals surface area contributed by atoms with Crippen LogP contribution in [0.4, 0.5) is 20.9 Å². The summed E-state index contributed by atoms with van der Waals surface area (Å²) in [6.07, 6.45) is 1.70. The number of hydrogen-bond acceptors (Lipinski definition) is 6. The molecule has 1 amide bonds. The number of para-hydroxylation sites is 1. The first-order chi connectivity index (χ1) is 13.2. The molecule has 2 aromatic carbocycles. The van der Waals surface area contributed by atoms with E-state index in [9.17, 15) is 9.18 Å². The zero-order chi connectivity index (χ0) is 19.1. The van der Waals surface area contributed by atoms with Crippen LogP contribution >= 0.6 is 23.1 Å². The number of aromatic nitrogens is 2. The molecule has 1 heterocycles. The highest BCUT2D eigenvalue weighted by atomic mass is 32.2. The minimum atomic E-state index is -0.326. The molecule has 1 N–H and O–H groups in total. The summed E-state index contributed by atoms with van der Waals surface area (Å²) in [7, 11) is 0. The van der Waals surface area contributed by atoms with Crippen molar-refractivity contribution in [3.05, 3.63) is 73.1 Å². The topological polar surface area (TPSA) is 58.1 Å². The van der Waals surface area contributed by atoms with Crippen molar-refractivity contribution in [2.24, 2.45) is 0 Å². The summed E-state index contributed by atoms with van der Waals surface area (Å²) >= 11 is 2.63. The highest BCUT2D eigenvalue weighted by Crippen LogP contribution is 2.28. The molecule has 0 aliphatic rings. The molecule has 0 saturated heterocycles. The molecule has 3 aromatic rings. The van der Waals surface area contributed by atoms with Crippen molar-refractivity contribution < 1.29 is 9.18 Å². The second-order valence-corrected chi connectivity index (χ2v) is 7.63. The summed E-state index contributed by atoms with van der Waals surface area (Å²) in [4.78, 5) is 14.3. The van der Waals surface area contributed by atoms with Gasteiger partial charge in [-0.05, 0) is 30.3 Å². The number of carbonyl (C=O) groups is 1. The van der Waals surface area contributed by atoms with Gasteiger partial charge in [-0.2, -0.15) is 0 Å². The normalized spacial score (nSPS) is 10.4. The van der Waals surface area contributed by atoms with E-state index in [2.05, 4.69) is 22.1 Å². The molecule has 0 aliphatic heterocycles. The SMILES string of the molecule is C=CCN(C(=O)CSc1nnc(Nc2cccc(F)c2)s1)c1ccccc1. The molecular formula is C19H17FN4OS2. The van der Waals surface area contributed by atoms with E-state index in [1.807, 2.05) is 30.3 Å². The Balaban J connectivity index is 1.60. The third kappa shape index (κ3) is 5.38. The summed E-state index contributed by atoms with van der Waals surface area (Å²) in [5, 5.41) is 11.6. The van der Waals surface area contributed by atoms with Gasteiger partial charge >= 0.3 is 0 Å². The van der Waals surface area contributed by atoms with Gasteiger partial charge < -0.3 is 10.2 Å². The van der Waals surface area contributed by atoms with Crippen LogP contribution in [-0.2, 0) is 4.79 Å². The third-order valence-electron chi connectivity index (χ3n) is 3.48. The summed E-state index contributed by atoms with van der Waals surface area (Å²) in [6.45, 7) is 4.16. The summed E-state index contributed by atoms with van der Waals surface area (Å²) < 4.78 is 13.9. The van der Waals surface area contributed by atoms with Gasteiger partial charge in [0.1, 0.15) is 5.82 Å². The molecule has 0 radical (unpaired) electrons. The van der Waals surface area contributed by atoms with Crippen molar-refractivity contribution in [2.75, 3.05) is 22.5 Å². The van der Waals surface area contributed by atoms with Crippen molar-refractivity contribution in [1.29, 1.82) is 0 Å². The van der Waals surface area contributed by atoms with Crippen LogP contribution in [0.15, 0.2) is 71.6 Å². The Labute approximate surface area is 164 Å². The van der Waals surface area contributed by atoms with E-state index in [0.717, 1.165) is 5.69 Å². The van der Waals surface area contributed by atoms with Gasteiger partial charge in [-0.1, -0.05) is 53.4 Å². The molecule has 27 heavy (non-hydrogen) atoms. The lowest BCUT2D eigenvalue weighted by Gasteiger charge is -2.20. The molecule has 0 aliphatic carbocycles. The maximum absolute atomic E-state index is 13.2. The Morgan fingerprint density at radius 3 is 2.78 bits per heavy atom. The molecular weight excluding hydrogens is 383 g/mol. The predicted octanol–water partition coefficient (Wildman–Crippen LogP) is 4.73. The lowest BCUT2D eigenvalue weighted by molar-refractivity contribution is -0.116. The van der Waals surface area contributed by atoms with Gasteiger partial charge in [0.15, 0.2) is 4.34 Å². The van der Waals surface area contributed by atoms with E-state index in [0.29, 0.717) is 21.7 Å². The van der Waals surface area contributed by atoms with Crippen LogP contribution in [0.25, 0.3) is 0 Å². The number of amides is 1. The van der Waals surface area contributed by atoms with Crippen LogP contribution in [0, 0.1) is 5.82 Å². The molecule has 0 saturated carbocycles. The fourth-order valence-electron chi connectivity index (χ4n) is 2.30. The van der Waals surface area contributed by atoms with Gasteiger partial charge in [-0.25, -0.2) is 4.39 Å². The van der Waals surface area contributed by atoms with E-state index in [4.69, 9.17) is 0 Å². The second-order valence-electron chi connectivity index (χ2n) is 5.43. The molecule has 138 valence electrons. The van der Waals surface area contributed by atoms with Crippen LogP contribution < -0.4 is 10.2 Å². The van der Waals surface area contributed by atoms with Crippen molar-refractivity contribution in [1.82, 2.24) is 10.2 Å². The first-order valence-corrected chi connectivity index (χ1v) is 9.91. The average Bonchev–Trinajstić information content (AvgIpc) is 3.12. The minimum Gasteiger partial charge on any atom is -0.330 e. The van der Waals surface area contributed by atoms with Crippen LogP contribution in [0.3, 0.4) is 0 Å². The number of hydrogen-bond donors (Lipinski definition) is 1. The van der Waals surface area contributed by atoms with Crippen LogP contribution in [0.1, 0.15) is 0 Å². The first-order valence-electron chi connectivity index (χ1n) is 8.11. The number of rotatable bonds is 8. The molecule has 5 nitrogen and oxygen atoms in total. The smallest absolute Gasteiger partial charge is 0.237 e. The number of nitrogens with one attached hydrogen (secondary N) is 1.